The van der Waals surface area contributed by atoms with Gasteiger partial charge < -0.3 is 10.1 Å². The van der Waals surface area contributed by atoms with Gasteiger partial charge in [-0.3, -0.25) is 4.79 Å². The molecule has 1 N–H and O–H groups in total. The maximum absolute atomic E-state index is 12.4. The van der Waals surface area contributed by atoms with Gasteiger partial charge in [-0.25, -0.2) is 22.5 Å². The van der Waals surface area contributed by atoms with E-state index in [0.717, 1.165) is 10.4 Å². The van der Waals surface area contributed by atoms with Crippen LogP contribution in [0.5, 0.6) is 0 Å². The van der Waals surface area contributed by atoms with E-state index in [9.17, 15) is 18.0 Å². The number of sulfonamides is 1. The molecular formula is C17H17Cl2N3O5S. The number of nitrogens with one attached hydrogen (secondary N) is 1. The first-order chi connectivity index (χ1) is 13.0. The summed E-state index contributed by atoms with van der Waals surface area (Å²) in [6, 6.07) is 6.68. The van der Waals surface area contributed by atoms with Gasteiger partial charge in [-0.1, -0.05) is 23.2 Å². The van der Waals surface area contributed by atoms with Crippen LogP contribution >= 0.6 is 23.2 Å². The predicted octanol–water partition coefficient (Wildman–Crippen LogP) is 2.82. The molecule has 0 bridgehead atoms. The van der Waals surface area contributed by atoms with Crippen LogP contribution in [0.25, 0.3) is 0 Å². The lowest BCUT2D eigenvalue weighted by atomic mass is 10.2. The zero-order valence-electron chi connectivity index (χ0n) is 15.1. The van der Waals surface area contributed by atoms with Crippen LogP contribution in [0.4, 0.5) is 5.82 Å². The summed E-state index contributed by atoms with van der Waals surface area (Å²) in [5.74, 6) is -1.33. The Kier molecular flexibility index (Phi) is 7.00. The molecule has 0 spiro atoms. The van der Waals surface area contributed by atoms with E-state index in [0.29, 0.717) is 5.02 Å². The molecule has 8 nitrogen and oxygen atoms in total. The Labute approximate surface area is 172 Å². The van der Waals surface area contributed by atoms with Crippen molar-refractivity contribution in [3.05, 3.63) is 52.1 Å². The molecule has 28 heavy (non-hydrogen) atoms. The summed E-state index contributed by atoms with van der Waals surface area (Å²) in [6.45, 7) is 1.36. The fourth-order valence-electron chi connectivity index (χ4n) is 1.99. The molecule has 0 unspecified atom stereocenters. The number of ether oxygens (including phenoxy) is 1. The van der Waals surface area contributed by atoms with E-state index in [2.05, 4.69) is 10.3 Å². The van der Waals surface area contributed by atoms with Crippen LogP contribution in [0.1, 0.15) is 17.3 Å². The fraction of sp³-hybridized carbons (Fsp3) is 0.235. The van der Waals surface area contributed by atoms with Crippen LogP contribution in [0, 0.1) is 0 Å². The molecule has 0 saturated carbocycles. The second-order valence-corrected chi connectivity index (χ2v) is 8.82. The maximum atomic E-state index is 12.4. The number of pyridine rings is 1. The third-order valence-electron chi connectivity index (χ3n) is 3.57. The minimum Gasteiger partial charge on any atom is -0.449 e. The zero-order chi connectivity index (χ0) is 21.1. The molecule has 0 aliphatic heterocycles. The van der Waals surface area contributed by atoms with Gasteiger partial charge >= 0.3 is 5.97 Å². The van der Waals surface area contributed by atoms with Gasteiger partial charge in [-0.05, 0) is 37.3 Å². The lowest BCUT2D eigenvalue weighted by molar-refractivity contribution is -0.123. The van der Waals surface area contributed by atoms with E-state index in [4.69, 9.17) is 27.9 Å². The van der Waals surface area contributed by atoms with Crippen LogP contribution in [0.2, 0.25) is 10.0 Å². The number of halogens is 2. The monoisotopic (exact) mass is 445 g/mol. The normalized spacial score (nSPS) is 12.5. The van der Waals surface area contributed by atoms with Crippen LogP contribution in [-0.2, 0) is 19.6 Å². The third-order valence-corrected chi connectivity index (χ3v) is 5.93. The predicted molar refractivity (Wildman–Crippen MR) is 105 cm³/mol. The van der Waals surface area contributed by atoms with Gasteiger partial charge in [-0.15, -0.1) is 0 Å². The zero-order valence-corrected chi connectivity index (χ0v) is 17.5. The number of amides is 1. The number of hydrogen-bond donors (Lipinski definition) is 1. The highest BCUT2D eigenvalue weighted by molar-refractivity contribution is 7.89. The molecule has 0 fully saturated rings. The number of esters is 1. The molecule has 0 radical (unpaired) electrons. The Hall–Kier alpha value is -2.20. The van der Waals surface area contributed by atoms with Gasteiger partial charge in [0.1, 0.15) is 5.82 Å². The molecule has 11 heteroatoms. The quantitative estimate of drug-likeness (QED) is 0.685. The Morgan fingerprint density at radius 2 is 1.86 bits per heavy atom. The summed E-state index contributed by atoms with van der Waals surface area (Å²) in [4.78, 5) is 28.3. The average Bonchev–Trinajstić information content (AvgIpc) is 2.63. The molecule has 1 aromatic carbocycles. The highest BCUT2D eigenvalue weighted by atomic mass is 35.5. The van der Waals surface area contributed by atoms with Gasteiger partial charge in [0.2, 0.25) is 10.0 Å². The Morgan fingerprint density at radius 3 is 2.43 bits per heavy atom. The van der Waals surface area contributed by atoms with Gasteiger partial charge in [0.05, 0.1) is 20.5 Å². The average molecular weight is 446 g/mol. The van der Waals surface area contributed by atoms with Crippen molar-refractivity contribution < 1.29 is 22.7 Å². The first-order valence-corrected chi connectivity index (χ1v) is 10.1. The number of rotatable bonds is 6. The van der Waals surface area contributed by atoms with Crippen molar-refractivity contribution in [2.24, 2.45) is 0 Å². The van der Waals surface area contributed by atoms with E-state index in [1.165, 1.54) is 51.5 Å². The van der Waals surface area contributed by atoms with Gasteiger partial charge in [0.15, 0.2) is 6.10 Å². The van der Waals surface area contributed by atoms with Gasteiger partial charge in [0, 0.05) is 20.3 Å². The topological polar surface area (TPSA) is 106 Å². The Morgan fingerprint density at radius 1 is 1.18 bits per heavy atom. The summed E-state index contributed by atoms with van der Waals surface area (Å²) >= 11 is 11.7. The molecule has 1 heterocycles. The second-order valence-electron chi connectivity index (χ2n) is 5.83. The summed E-state index contributed by atoms with van der Waals surface area (Å²) in [5.41, 5.74) is -0.172. The van der Waals surface area contributed by atoms with Crippen LogP contribution in [0.15, 0.2) is 41.4 Å². The number of nitrogens with zero attached hydrogens (tertiary/aromatic N) is 2. The standard InChI is InChI=1S/C17H17Cl2N3O5S/c1-10(16(23)21-15-7-4-11(18)9-20-15)27-17(24)13-8-12(5-6-14(13)19)28(25,26)22(2)3/h4-10H,1-3H3,(H,20,21,23)/t10-/m1/s1. The van der Waals surface area contributed by atoms with Crippen molar-refractivity contribution in [2.45, 2.75) is 17.9 Å². The smallest absolute Gasteiger partial charge is 0.340 e. The lowest BCUT2D eigenvalue weighted by Crippen LogP contribution is -2.30. The van der Waals surface area contributed by atoms with Crippen molar-refractivity contribution >= 4 is 50.9 Å². The summed E-state index contributed by atoms with van der Waals surface area (Å²) in [7, 11) is -1.05. The summed E-state index contributed by atoms with van der Waals surface area (Å²) in [5, 5.41) is 2.87. The van der Waals surface area contributed by atoms with Crippen LogP contribution in [-0.4, -0.2) is 49.8 Å². The maximum Gasteiger partial charge on any atom is 0.340 e. The van der Waals surface area contributed by atoms with E-state index in [-0.39, 0.29) is 21.3 Å². The number of carbonyl (C=O) groups excluding carboxylic acids is 2. The molecule has 2 aromatic rings. The molecule has 2 rings (SSSR count). The third kappa shape index (κ3) is 5.20. The number of anilines is 1. The summed E-state index contributed by atoms with van der Waals surface area (Å²) in [6.07, 6.45) is 0.166. The Balaban J connectivity index is 2.15. The van der Waals surface area contributed by atoms with E-state index in [1.807, 2.05) is 0 Å². The van der Waals surface area contributed by atoms with Crippen molar-refractivity contribution in [1.82, 2.24) is 9.29 Å². The number of carbonyl (C=O) groups is 2. The molecule has 1 atom stereocenters. The molecule has 0 aliphatic carbocycles. The number of hydrogen-bond acceptors (Lipinski definition) is 6. The molecule has 1 aromatic heterocycles. The highest BCUT2D eigenvalue weighted by Gasteiger charge is 2.24. The molecule has 0 aliphatic rings. The largest absolute Gasteiger partial charge is 0.449 e. The highest BCUT2D eigenvalue weighted by Crippen LogP contribution is 2.23. The minimum absolute atomic E-state index is 0.00492. The van der Waals surface area contributed by atoms with E-state index < -0.39 is 28.0 Å². The SMILES string of the molecule is C[C@@H](OC(=O)c1cc(S(=O)(=O)N(C)C)ccc1Cl)C(=O)Nc1ccc(Cl)cn1. The number of aromatic nitrogens is 1. The van der Waals surface area contributed by atoms with Gasteiger partial charge in [-0.2, -0.15) is 0 Å². The lowest BCUT2D eigenvalue weighted by Gasteiger charge is -2.15. The van der Waals surface area contributed by atoms with Crippen molar-refractivity contribution in [2.75, 3.05) is 19.4 Å². The second kappa shape index (κ2) is 8.87. The van der Waals surface area contributed by atoms with E-state index in [1.54, 1.807) is 0 Å². The first-order valence-electron chi connectivity index (χ1n) is 7.88. The van der Waals surface area contributed by atoms with Crippen molar-refractivity contribution in [3.8, 4) is 0 Å². The Bertz CT molecular complexity index is 994. The van der Waals surface area contributed by atoms with Crippen LogP contribution in [0.3, 0.4) is 0 Å². The number of benzene rings is 1. The summed E-state index contributed by atoms with van der Waals surface area (Å²) < 4.78 is 30.6. The fourth-order valence-corrected chi connectivity index (χ4v) is 3.22. The van der Waals surface area contributed by atoms with Gasteiger partial charge in [0.25, 0.3) is 5.91 Å². The molecule has 1 amide bonds. The van der Waals surface area contributed by atoms with E-state index >= 15 is 0 Å². The van der Waals surface area contributed by atoms with Crippen molar-refractivity contribution in [3.63, 3.8) is 0 Å². The molecule has 0 saturated heterocycles. The molecule has 150 valence electrons. The minimum atomic E-state index is -3.77. The van der Waals surface area contributed by atoms with Crippen LogP contribution < -0.4 is 5.32 Å². The molecular weight excluding hydrogens is 429 g/mol. The first kappa shape index (κ1) is 22.1. The van der Waals surface area contributed by atoms with Crippen molar-refractivity contribution in [1.29, 1.82) is 0 Å².